The molecular formula is C12H19N3O4. The van der Waals surface area contributed by atoms with Gasteiger partial charge in [0.2, 0.25) is 5.91 Å². The van der Waals surface area contributed by atoms with Crippen LogP contribution >= 0.6 is 0 Å². The van der Waals surface area contributed by atoms with E-state index in [0.29, 0.717) is 22.8 Å². The SMILES string of the molecule is COc1cc(OC)c(C(N)CC(=O)NN)cc1OC. The summed E-state index contributed by atoms with van der Waals surface area (Å²) in [7, 11) is 4.56. The first-order chi connectivity index (χ1) is 9.07. The monoisotopic (exact) mass is 269 g/mol. The molecule has 0 aromatic heterocycles. The minimum atomic E-state index is -0.557. The molecule has 106 valence electrons. The summed E-state index contributed by atoms with van der Waals surface area (Å²) < 4.78 is 15.6. The van der Waals surface area contributed by atoms with Crippen molar-refractivity contribution in [2.45, 2.75) is 12.5 Å². The predicted octanol–water partition coefficient (Wildman–Crippen LogP) is 0.0922. The molecule has 5 N–H and O–H groups in total. The predicted molar refractivity (Wildman–Crippen MR) is 70.0 cm³/mol. The molecule has 1 rings (SSSR count). The molecule has 1 amide bonds. The minimum absolute atomic E-state index is 0.0440. The lowest BCUT2D eigenvalue weighted by atomic mass is 10.0. The molecule has 1 aromatic rings. The van der Waals surface area contributed by atoms with E-state index < -0.39 is 6.04 Å². The van der Waals surface area contributed by atoms with Gasteiger partial charge in [0.25, 0.3) is 0 Å². The summed E-state index contributed by atoms with van der Waals surface area (Å²) in [6.07, 6.45) is 0.0440. The van der Waals surface area contributed by atoms with Gasteiger partial charge in [-0.25, -0.2) is 5.84 Å². The number of hydrogen-bond acceptors (Lipinski definition) is 6. The van der Waals surface area contributed by atoms with Gasteiger partial charge in [0, 0.05) is 24.1 Å². The molecule has 1 atom stereocenters. The van der Waals surface area contributed by atoms with E-state index in [0.717, 1.165) is 0 Å². The van der Waals surface area contributed by atoms with E-state index >= 15 is 0 Å². The summed E-state index contributed by atoms with van der Waals surface area (Å²) in [5.41, 5.74) is 8.65. The lowest BCUT2D eigenvalue weighted by Crippen LogP contribution is -2.32. The number of nitrogens with two attached hydrogens (primary N) is 2. The smallest absolute Gasteiger partial charge is 0.235 e. The second kappa shape index (κ2) is 6.81. The molecule has 0 spiro atoms. The normalized spacial score (nSPS) is 11.6. The van der Waals surface area contributed by atoms with Crippen molar-refractivity contribution in [2.75, 3.05) is 21.3 Å². The Labute approximate surface area is 111 Å². The average molecular weight is 269 g/mol. The average Bonchev–Trinajstić information content (AvgIpc) is 2.45. The number of rotatable bonds is 6. The highest BCUT2D eigenvalue weighted by molar-refractivity contribution is 5.76. The summed E-state index contributed by atoms with van der Waals surface area (Å²) in [6.45, 7) is 0. The summed E-state index contributed by atoms with van der Waals surface area (Å²) in [5.74, 6) is 6.25. The molecule has 0 saturated carbocycles. The van der Waals surface area contributed by atoms with Crippen molar-refractivity contribution in [3.05, 3.63) is 17.7 Å². The molecule has 19 heavy (non-hydrogen) atoms. The van der Waals surface area contributed by atoms with E-state index in [1.807, 2.05) is 5.43 Å². The van der Waals surface area contributed by atoms with Gasteiger partial charge in [-0.1, -0.05) is 0 Å². The molecule has 7 nitrogen and oxygen atoms in total. The van der Waals surface area contributed by atoms with Crippen LogP contribution < -0.4 is 31.2 Å². The summed E-state index contributed by atoms with van der Waals surface area (Å²) in [4.78, 5) is 11.3. The van der Waals surface area contributed by atoms with Crippen molar-refractivity contribution in [1.29, 1.82) is 0 Å². The highest BCUT2D eigenvalue weighted by Crippen LogP contribution is 2.37. The quantitative estimate of drug-likeness (QED) is 0.384. The number of carbonyl (C=O) groups excluding carboxylic acids is 1. The highest BCUT2D eigenvalue weighted by atomic mass is 16.5. The van der Waals surface area contributed by atoms with Crippen molar-refractivity contribution >= 4 is 5.91 Å². The second-order valence-electron chi connectivity index (χ2n) is 3.83. The third-order valence-corrected chi connectivity index (χ3v) is 2.70. The van der Waals surface area contributed by atoms with Crippen molar-refractivity contribution in [3.8, 4) is 17.2 Å². The maximum atomic E-state index is 11.3. The Balaban J connectivity index is 3.14. The third-order valence-electron chi connectivity index (χ3n) is 2.70. The van der Waals surface area contributed by atoms with Crippen LogP contribution in [0, 0.1) is 0 Å². The van der Waals surface area contributed by atoms with Gasteiger partial charge < -0.3 is 19.9 Å². The molecule has 0 aliphatic carbocycles. The zero-order valence-corrected chi connectivity index (χ0v) is 11.2. The summed E-state index contributed by atoms with van der Waals surface area (Å²) in [6, 6.07) is 2.79. The van der Waals surface area contributed by atoms with Gasteiger partial charge in [-0.05, 0) is 6.07 Å². The van der Waals surface area contributed by atoms with Crippen molar-refractivity contribution < 1.29 is 19.0 Å². The van der Waals surface area contributed by atoms with E-state index in [9.17, 15) is 4.79 Å². The zero-order valence-electron chi connectivity index (χ0n) is 11.2. The van der Waals surface area contributed by atoms with Crippen LogP contribution in [0.2, 0.25) is 0 Å². The molecule has 1 unspecified atom stereocenters. The van der Waals surface area contributed by atoms with Gasteiger partial charge in [0.15, 0.2) is 11.5 Å². The van der Waals surface area contributed by atoms with Crippen LogP contribution in [0.4, 0.5) is 0 Å². The molecule has 0 heterocycles. The largest absolute Gasteiger partial charge is 0.496 e. The standard InChI is InChI=1S/C12H19N3O4/c1-17-9-6-11(19-3)10(18-2)4-7(9)8(13)5-12(16)15-14/h4,6,8H,5,13-14H2,1-3H3,(H,15,16). The van der Waals surface area contributed by atoms with E-state index in [2.05, 4.69) is 0 Å². The van der Waals surface area contributed by atoms with Gasteiger partial charge in [-0.15, -0.1) is 0 Å². The lowest BCUT2D eigenvalue weighted by molar-refractivity contribution is -0.121. The van der Waals surface area contributed by atoms with E-state index in [1.165, 1.54) is 21.3 Å². The highest BCUT2D eigenvalue weighted by Gasteiger charge is 2.19. The van der Waals surface area contributed by atoms with Crippen molar-refractivity contribution in [1.82, 2.24) is 5.43 Å². The number of amides is 1. The first-order valence-electron chi connectivity index (χ1n) is 5.62. The fourth-order valence-electron chi connectivity index (χ4n) is 1.71. The molecule has 0 aliphatic rings. The number of hydrazine groups is 1. The Hall–Kier alpha value is -1.99. The Kier molecular flexibility index (Phi) is 5.40. The summed E-state index contributed by atoms with van der Waals surface area (Å²) >= 11 is 0. The van der Waals surface area contributed by atoms with Crippen molar-refractivity contribution in [2.24, 2.45) is 11.6 Å². The number of hydrogen-bond donors (Lipinski definition) is 3. The Morgan fingerprint density at radius 3 is 2.16 bits per heavy atom. The Bertz CT molecular complexity index is 451. The zero-order chi connectivity index (χ0) is 14.4. The maximum Gasteiger partial charge on any atom is 0.235 e. The van der Waals surface area contributed by atoms with Crippen LogP contribution in [0.3, 0.4) is 0 Å². The lowest BCUT2D eigenvalue weighted by Gasteiger charge is -2.18. The van der Waals surface area contributed by atoms with E-state index in [4.69, 9.17) is 25.8 Å². The van der Waals surface area contributed by atoms with Crippen LogP contribution in [0.1, 0.15) is 18.0 Å². The minimum Gasteiger partial charge on any atom is -0.496 e. The molecule has 0 radical (unpaired) electrons. The van der Waals surface area contributed by atoms with Crippen LogP contribution in [0.25, 0.3) is 0 Å². The Morgan fingerprint density at radius 2 is 1.68 bits per heavy atom. The summed E-state index contributed by atoms with van der Waals surface area (Å²) in [5, 5.41) is 0. The van der Waals surface area contributed by atoms with Gasteiger partial charge in [0.1, 0.15) is 5.75 Å². The first kappa shape index (κ1) is 15.1. The molecular weight excluding hydrogens is 250 g/mol. The van der Waals surface area contributed by atoms with Crippen LogP contribution in [-0.2, 0) is 4.79 Å². The van der Waals surface area contributed by atoms with Gasteiger partial charge >= 0.3 is 0 Å². The number of methoxy groups -OCH3 is 3. The number of nitrogens with one attached hydrogen (secondary N) is 1. The molecule has 0 bridgehead atoms. The molecule has 0 aliphatic heterocycles. The number of ether oxygens (including phenoxy) is 3. The van der Waals surface area contributed by atoms with Crippen LogP contribution in [-0.4, -0.2) is 27.2 Å². The Morgan fingerprint density at radius 1 is 1.16 bits per heavy atom. The molecule has 7 heteroatoms. The van der Waals surface area contributed by atoms with Gasteiger partial charge in [-0.3, -0.25) is 10.2 Å². The molecule has 0 saturated heterocycles. The van der Waals surface area contributed by atoms with E-state index in [-0.39, 0.29) is 12.3 Å². The van der Waals surface area contributed by atoms with Crippen molar-refractivity contribution in [3.63, 3.8) is 0 Å². The molecule has 0 fully saturated rings. The van der Waals surface area contributed by atoms with E-state index in [1.54, 1.807) is 12.1 Å². The van der Waals surface area contributed by atoms with Gasteiger partial charge in [0.05, 0.1) is 21.3 Å². The fraction of sp³-hybridized carbons (Fsp3) is 0.417. The first-order valence-corrected chi connectivity index (χ1v) is 5.62. The van der Waals surface area contributed by atoms with Crippen LogP contribution in [0.15, 0.2) is 12.1 Å². The van der Waals surface area contributed by atoms with Gasteiger partial charge in [-0.2, -0.15) is 0 Å². The number of carbonyl (C=O) groups is 1. The molecule has 1 aromatic carbocycles. The second-order valence-corrected chi connectivity index (χ2v) is 3.83. The maximum absolute atomic E-state index is 11.3. The fourth-order valence-corrected chi connectivity index (χ4v) is 1.71. The third kappa shape index (κ3) is 3.49. The topological polar surface area (TPSA) is 109 Å². The number of benzene rings is 1. The van der Waals surface area contributed by atoms with Crippen LogP contribution in [0.5, 0.6) is 17.2 Å².